The van der Waals surface area contributed by atoms with Gasteiger partial charge in [-0.15, -0.1) is 0 Å². The zero-order valence-corrected chi connectivity index (χ0v) is 10.2. The summed E-state index contributed by atoms with van der Waals surface area (Å²) in [5.74, 6) is -0.499. The van der Waals surface area contributed by atoms with Gasteiger partial charge in [0.05, 0.1) is 6.42 Å². The number of alkyl halides is 3. The molecule has 0 spiro atoms. The van der Waals surface area contributed by atoms with Gasteiger partial charge in [-0.2, -0.15) is 13.2 Å². The minimum Gasteiger partial charge on any atom is -0.352 e. The second kappa shape index (κ2) is 5.71. The van der Waals surface area contributed by atoms with Crippen LogP contribution in [0, 0.1) is 0 Å². The van der Waals surface area contributed by atoms with Crippen LogP contribution < -0.4 is 5.32 Å². The minimum atomic E-state index is -4.26. The first-order valence-electron chi connectivity index (χ1n) is 5.82. The molecule has 0 radical (unpaired) electrons. The standard InChI is InChI=1S/C11H19F3N2O/c1-16(2)9-5-3-4-8(9)15-10(17)6-7-11(12,13)14/h8-9H,3-7H2,1-2H3,(H,15,17)/t8-,9-/m1/s1. The summed E-state index contributed by atoms with van der Waals surface area (Å²) in [5, 5.41) is 2.70. The first-order chi connectivity index (χ1) is 7.79. The van der Waals surface area contributed by atoms with Crippen LogP contribution in [0.2, 0.25) is 0 Å². The number of nitrogens with zero attached hydrogens (tertiary/aromatic N) is 1. The fraction of sp³-hybridized carbons (Fsp3) is 0.909. The van der Waals surface area contributed by atoms with E-state index in [4.69, 9.17) is 0 Å². The van der Waals surface area contributed by atoms with Crippen LogP contribution in [-0.4, -0.2) is 43.2 Å². The molecule has 0 bridgehead atoms. The summed E-state index contributed by atoms with van der Waals surface area (Å²) in [6.07, 6.45) is -2.93. The van der Waals surface area contributed by atoms with Crippen molar-refractivity contribution in [1.29, 1.82) is 0 Å². The Hall–Kier alpha value is -0.780. The van der Waals surface area contributed by atoms with Gasteiger partial charge in [0.15, 0.2) is 0 Å². The molecule has 1 fully saturated rings. The van der Waals surface area contributed by atoms with E-state index in [-0.39, 0.29) is 12.1 Å². The van der Waals surface area contributed by atoms with E-state index in [1.807, 2.05) is 19.0 Å². The summed E-state index contributed by atoms with van der Waals surface area (Å²) in [6, 6.07) is 0.232. The Kier molecular flexibility index (Phi) is 4.80. The third-order valence-electron chi connectivity index (χ3n) is 3.12. The summed E-state index contributed by atoms with van der Waals surface area (Å²) < 4.78 is 35.8. The molecule has 1 aliphatic carbocycles. The molecule has 0 aromatic carbocycles. The molecule has 0 saturated heterocycles. The maximum atomic E-state index is 11.9. The van der Waals surface area contributed by atoms with Gasteiger partial charge in [-0.25, -0.2) is 0 Å². The summed E-state index contributed by atoms with van der Waals surface area (Å²) in [5.41, 5.74) is 0. The van der Waals surface area contributed by atoms with Crippen LogP contribution in [0.3, 0.4) is 0 Å². The van der Waals surface area contributed by atoms with E-state index in [1.54, 1.807) is 0 Å². The topological polar surface area (TPSA) is 32.3 Å². The molecule has 6 heteroatoms. The number of carbonyl (C=O) groups excluding carboxylic acids is 1. The third kappa shape index (κ3) is 4.93. The number of likely N-dealkylation sites (N-methyl/N-ethyl adjacent to an activating group) is 1. The third-order valence-corrected chi connectivity index (χ3v) is 3.12. The zero-order valence-electron chi connectivity index (χ0n) is 10.2. The molecule has 1 saturated carbocycles. The smallest absolute Gasteiger partial charge is 0.352 e. The van der Waals surface area contributed by atoms with Crippen molar-refractivity contribution in [3.05, 3.63) is 0 Å². The van der Waals surface area contributed by atoms with Crippen LogP contribution in [0.1, 0.15) is 32.1 Å². The molecule has 2 atom stereocenters. The van der Waals surface area contributed by atoms with E-state index in [0.717, 1.165) is 19.3 Å². The van der Waals surface area contributed by atoms with Crippen molar-refractivity contribution < 1.29 is 18.0 Å². The molecule has 0 aromatic rings. The first-order valence-corrected chi connectivity index (χ1v) is 5.82. The fourth-order valence-electron chi connectivity index (χ4n) is 2.26. The van der Waals surface area contributed by atoms with Gasteiger partial charge in [-0.3, -0.25) is 4.79 Å². The Labute approximate surface area is 99.4 Å². The number of nitrogens with one attached hydrogen (secondary N) is 1. The summed E-state index contributed by atoms with van der Waals surface area (Å²) >= 11 is 0. The van der Waals surface area contributed by atoms with E-state index in [2.05, 4.69) is 5.32 Å². The van der Waals surface area contributed by atoms with Crippen molar-refractivity contribution in [2.45, 2.75) is 50.4 Å². The van der Waals surface area contributed by atoms with Crippen molar-refractivity contribution in [2.24, 2.45) is 0 Å². The lowest BCUT2D eigenvalue weighted by Gasteiger charge is -2.27. The van der Waals surface area contributed by atoms with Gasteiger partial charge in [-0.05, 0) is 33.4 Å². The van der Waals surface area contributed by atoms with Crippen LogP contribution in [0.15, 0.2) is 0 Å². The van der Waals surface area contributed by atoms with E-state index in [1.165, 1.54) is 0 Å². The van der Waals surface area contributed by atoms with Crippen molar-refractivity contribution in [3.8, 4) is 0 Å². The van der Waals surface area contributed by atoms with Crippen LogP contribution in [0.4, 0.5) is 13.2 Å². The molecule has 0 aliphatic heterocycles. The van der Waals surface area contributed by atoms with Crippen molar-refractivity contribution in [3.63, 3.8) is 0 Å². The Balaban J connectivity index is 2.35. The largest absolute Gasteiger partial charge is 0.389 e. The highest BCUT2D eigenvalue weighted by Gasteiger charge is 2.32. The Morgan fingerprint density at radius 3 is 2.53 bits per heavy atom. The van der Waals surface area contributed by atoms with Gasteiger partial charge in [0, 0.05) is 18.5 Å². The predicted molar refractivity (Wildman–Crippen MR) is 58.5 cm³/mol. The summed E-state index contributed by atoms with van der Waals surface area (Å²) in [6.45, 7) is 0. The molecule has 3 nitrogen and oxygen atoms in total. The molecule has 1 rings (SSSR count). The predicted octanol–water partition coefficient (Wildman–Crippen LogP) is 1.93. The van der Waals surface area contributed by atoms with Crippen molar-refractivity contribution in [1.82, 2.24) is 10.2 Å². The van der Waals surface area contributed by atoms with Gasteiger partial charge in [0.1, 0.15) is 0 Å². The lowest BCUT2D eigenvalue weighted by atomic mass is 10.1. The lowest BCUT2D eigenvalue weighted by Crippen LogP contribution is -2.46. The van der Waals surface area contributed by atoms with Gasteiger partial charge < -0.3 is 10.2 Å². The van der Waals surface area contributed by atoms with Gasteiger partial charge in [-0.1, -0.05) is 0 Å². The Morgan fingerprint density at radius 1 is 1.35 bits per heavy atom. The monoisotopic (exact) mass is 252 g/mol. The van der Waals surface area contributed by atoms with Crippen LogP contribution in [0.25, 0.3) is 0 Å². The van der Waals surface area contributed by atoms with Crippen molar-refractivity contribution >= 4 is 5.91 Å². The van der Waals surface area contributed by atoms with Gasteiger partial charge in [0.2, 0.25) is 5.91 Å². The van der Waals surface area contributed by atoms with E-state index >= 15 is 0 Å². The SMILES string of the molecule is CN(C)[C@@H]1CCC[C@H]1NC(=O)CCC(F)(F)F. The quantitative estimate of drug-likeness (QED) is 0.829. The highest BCUT2D eigenvalue weighted by Crippen LogP contribution is 2.24. The zero-order chi connectivity index (χ0) is 13.1. The van der Waals surface area contributed by atoms with E-state index in [9.17, 15) is 18.0 Å². The number of hydrogen-bond donors (Lipinski definition) is 1. The maximum Gasteiger partial charge on any atom is 0.389 e. The van der Waals surface area contributed by atoms with E-state index in [0.29, 0.717) is 0 Å². The molecule has 0 heterocycles. The molecule has 100 valence electrons. The maximum absolute atomic E-state index is 11.9. The van der Waals surface area contributed by atoms with Crippen LogP contribution in [0.5, 0.6) is 0 Å². The summed E-state index contributed by atoms with van der Waals surface area (Å²) in [7, 11) is 3.84. The second-order valence-electron chi connectivity index (χ2n) is 4.75. The molecule has 1 amide bonds. The molecular weight excluding hydrogens is 233 g/mol. The fourth-order valence-corrected chi connectivity index (χ4v) is 2.26. The van der Waals surface area contributed by atoms with Gasteiger partial charge in [0.25, 0.3) is 0 Å². The molecule has 1 N–H and O–H groups in total. The number of amides is 1. The summed E-state index contributed by atoms with van der Waals surface area (Å²) in [4.78, 5) is 13.4. The Morgan fingerprint density at radius 2 is 2.00 bits per heavy atom. The molecule has 0 aromatic heterocycles. The average molecular weight is 252 g/mol. The number of rotatable bonds is 4. The Bertz CT molecular complexity index is 266. The molecule has 1 aliphatic rings. The molecule has 0 unspecified atom stereocenters. The highest BCUT2D eigenvalue weighted by molar-refractivity contribution is 5.76. The lowest BCUT2D eigenvalue weighted by molar-refractivity contribution is -0.144. The van der Waals surface area contributed by atoms with Gasteiger partial charge >= 0.3 is 6.18 Å². The normalized spacial score (nSPS) is 25.3. The number of hydrogen-bond acceptors (Lipinski definition) is 2. The average Bonchev–Trinajstić information content (AvgIpc) is 2.62. The first kappa shape index (κ1) is 14.3. The molecule has 17 heavy (non-hydrogen) atoms. The van der Waals surface area contributed by atoms with E-state index < -0.39 is 24.9 Å². The number of halogens is 3. The minimum absolute atomic E-state index is 0.00858. The highest BCUT2D eigenvalue weighted by atomic mass is 19.4. The number of carbonyl (C=O) groups is 1. The van der Waals surface area contributed by atoms with Crippen molar-refractivity contribution in [2.75, 3.05) is 14.1 Å². The second-order valence-corrected chi connectivity index (χ2v) is 4.75. The van der Waals surface area contributed by atoms with Crippen LogP contribution >= 0.6 is 0 Å². The van der Waals surface area contributed by atoms with Crippen LogP contribution in [-0.2, 0) is 4.79 Å². The molecular formula is C11H19F3N2O.